The van der Waals surface area contributed by atoms with Crippen molar-refractivity contribution in [2.45, 2.75) is 13.3 Å². The molecule has 0 bridgehead atoms. The van der Waals surface area contributed by atoms with Crippen molar-refractivity contribution in [3.05, 3.63) is 51.1 Å². The zero-order chi connectivity index (χ0) is 15.9. The van der Waals surface area contributed by atoms with Gasteiger partial charge in [-0.15, -0.1) is 11.3 Å². The van der Waals surface area contributed by atoms with Crippen LogP contribution in [0.25, 0.3) is 0 Å². The van der Waals surface area contributed by atoms with E-state index in [1.165, 1.54) is 11.3 Å². The van der Waals surface area contributed by atoms with Gasteiger partial charge >= 0.3 is 0 Å². The highest BCUT2D eigenvalue weighted by Crippen LogP contribution is 2.15. The predicted molar refractivity (Wildman–Crippen MR) is 92.3 cm³/mol. The van der Waals surface area contributed by atoms with Gasteiger partial charge in [-0.1, -0.05) is 28.1 Å². The van der Waals surface area contributed by atoms with E-state index < -0.39 is 0 Å². The summed E-state index contributed by atoms with van der Waals surface area (Å²) in [6, 6.07) is 10.8. The molecule has 0 saturated carbocycles. The number of hydrogen-bond acceptors (Lipinski definition) is 4. The molecule has 114 valence electrons. The van der Waals surface area contributed by atoms with Crippen LogP contribution in [0.15, 0.2) is 51.4 Å². The van der Waals surface area contributed by atoms with Gasteiger partial charge in [0.25, 0.3) is 5.91 Å². The second-order valence-electron chi connectivity index (χ2n) is 4.50. The molecule has 1 heterocycles. The van der Waals surface area contributed by atoms with Gasteiger partial charge in [0.2, 0.25) is 5.91 Å². The normalized spacial score (nSPS) is 11.1. The third-order valence-corrected chi connectivity index (χ3v) is 3.98. The lowest BCUT2D eigenvalue weighted by Crippen LogP contribution is -2.20. The summed E-state index contributed by atoms with van der Waals surface area (Å²) in [5.74, 6) is -0.466. The van der Waals surface area contributed by atoms with E-state index in [1.807, 2.05) is 23.6 Å². The molecular formula is C15H14BrN3O2S. The Kier molecular flexibility index (Phi) is 5.85. The molecule has 22 heavy (non-hydrogen) atoms. The Balaban J connectivity index is 1.85. The van der Waals surface area contributed by atoms with Crippen LogP contribution in [0.2, 0.25) is 0 Å². The van der Waals surface area contributed by atoms with E-state index >= 15 is 0 Å². The number of nitrogens with one attached hydrogen (secondary N) is 2. The lowest BCUT2D eigenvalue weighted by Gasteiger charge is -2.05. The third-order valence-electron chi connectivity index (χ3n) is 2.62. The zero-order valence-electron chi connectivity index (χ0n) is 11.8. The minimum absolute atomic E-state index is 0.108. The van der Waals surface area contributed by atoms with E-state index in [0.29, 0.717) is 16.3 Å². The van der Waals surface area contributed by atoms with Crippen molar-refractivity contribution in [3.63, 3.8) is 0 Å². The fourth-order valence-electron chi connectivity index (χ4n) is 1.65. The van der Waals surface area contributed by atoms with Gasteiger partial charge in [0, 0.05) is 15.9 Å². The summed E-state index contributed by atoms with van der Waals surface area (Å²) in [4.78, 5) is 24.2. The van der Waals surface area contributed by atoms with Crippen LogP contribution in [0.4, 0.5) is 5.69 Å². The number of carbonyl (C=O) groups excluding carboxylic acids is 2. The SMILES string of the molecule is C/C(CC(=O)Nc1cccc(Br)c1)=N\NC(=O)c1cccs1. The number of hydrazone groups is 1. The lowest BCUT2D eigenvalue weighted by atomic mass is 10.2. The minimum atomic E-state index is -0.276. The Morgan fingerprint density at radius 2 is 2.09 bits per heavy atom. The Morgan fingerprint density at radius 1 is 1.27 bits per heavy atom. The number of nitrogens with zero attached hydrogens (tertiary/aromatic N) is 1. The largest absolute Gasteiger partial charge is 0.326 e. The molecule has 0 atom stereocenters. The molecule has 0 saturated heterocycles. The van der Waals surface area contributed by atoms with E-state index in [2.05, 4.69) is 31.8 Å². The minimum Gasteiger partial charge on any atom is -0.326 e. The summed E-state index contributed by atoms with van der Waals surface area (Å²) in [6.07, 6.45) is 0.108. The Hall–Kier alpha value is -1.99. The highest BCUT2D eigenvalue weighted by Gasteiger charge is 2.07. The molecule has 0 aliphatic rings. The van der Waals surface area contributed by atoms with Crippen LogP contribution in [0.3, 0.4) is 0 Å². The molecule has 2 aromatic rings. The highest BCUT2D eigenvalue weighted by molar-refractivity contribution is 9.10. The molecule has 1 aromatic carbocycles. The smallest absolute Gasteiger partial charge is 0.281 e. The fourth-order valence-corrected chi connectivity index (χ4v) is 2.67. The number of rotatable bonds is 5. The summed E-state index contributed by atoms with van der Waals surface area (Å²) >= 11 is 4.68. The van der Waals surface area contributed by atoms with Gasteiger partial charge < -0.3 is 5.32 Å². The van der Waals surface area contributed by atoms with Crippen molar-refractivity contribution in [1.29, 1.82) is 0 Å². The number of anilines is 1. The van der Waals surface area contributed by atoms with Crippen LogP contribution >= 0.6 is 27.3 Å². The van der Waals surface area contributed by atoms with E-state index in [0.717, 1.165) is 4.47 Å². The van der Waals surface area contributed by atoms with Crippen LogP contribution in [0.1, 0.15) is 23.0 Å². The second kappa shape index (κ2) is 7.86. The maximum absolute atomic E-state index is 11.9. The summed E-state index contributed by atoms with van der Waals surface area (Å²) in [5, 5.41) is 8.52. The molecular weight excluding hydrogens is 366 g/mol. The van der Waals surface area contributed by atoms with Crippen LogP contribution in [0.5, 0.6) is 0 Å². The van der Waals surface area contributed by atoms with Crippen LogP contribution in [0, 0.1) is 0 Å². The standard InChI is InChI=1S/C15H14BrN3O2S/c1-10(18-19-15(21)13-6-3-7-22-13)8-14(20)17-12-5-2-4-11(16)9-12/h2-7,9H,8H2,1H3,(H,17,20)(H,19,21)/b18-10+. The number of benzene rings is 1. The van der Waals surface area contributed by atoms with Crippen molar-refractivity contribution < 1.29 is 9.59 Å². The molecule has 0 fully saturated rings. The lowest BCUT2D eigenvalue weighted by molar-refractivity contribution is -0.115. The average Bonchev–Trinajstić information content (AvgIpc) is 2.98. The van der Waals surface area contributed by atoms with Gasteiger partial charge in [-0.2, -0.15) is 5.10 Å². The first-order valence-electron chi connectivity index (χ1n) is 6.47. The van der Waals surface area contributed by atoms with Gasteiger partial charge in [0.05, 0.1) is 11.3 Å². The molecule has 2 rings (SSSR count). The molecule has 0 aliphatic carbocycles. The number of amides is 2. The van der Waals surface area contributed by atoms with E-state index in [-0.39, 0.29) is 18.2 Å². The predicted octanol–water partition coefficient (Wildman–Crippen LogP) is 3.65. The average molecular weight is 380 g/mol. The Morgan fingerprint density at radius 3 is 2.77 bits per heavy atom. The molecule has 0 spiro atoms. The van der Waals surface area contributed by atoms with Crippen molar-refractivity contribution in [2.24, 2.45) is 5.10 Å². The first-order valence-corrected chi connectivity index (χ1v) is 8.14. The van der Waals surface area contributed by atoms with Crippen molar-refractivity contribution in [1.82, 2.24) is 5.43 Å². The molecule has 0 radical (unpaired) electrons. The summed E-state index contributed by atoms with van der Waals surface area (Å²) in [6.45, 7) is 1.69. The highest BCUT2D eigenvalue weighted by atomic mass is 79.9. The fraction of sp³-hybridized carbons (Fsp3) is 0.133. The van der Waals surface area contributed by atoms with E-state index in [9.17, 15) is 9.59 Å². The van der Waals surface area contributed by atoms with Crippen molar-refractivity contribution in [2.75, 3.05) is 5.32 Å². The monoisotopic (exact) mass is 379 g/mol. The van der Waals surface area contributed by atoms with Crippen LogP contribution < -0.4 is 10.7 Å². The van der Waals surface area contributed by atoms with Crippen LogP contribution in [-0.2, 0) is 4.79 Å². The first kappa shape index (κ1) is 16.4. The van der Waals surface area contributed by atoms with Gasteiger partial charge in [0.1, 0.15) is 0 Å². The molecule has 2 N–H and O–H groups in total. The topological polar surface area (TPSA) is 70.6 Å². The number of halogens is 1. The number of thiophene rings is 1. The molecule has 5 nitrogen and oxygen atoms in total. The quantitative estimate of drug-likeness (QED) is 0.614. The van der Waals surface area contributed by atoms with E-state index in [1.54, 1.807) is 25.1 Å². The number of hydrogen-bond donors (Lipinski definition) is 2. The molecule has 0 aliphatic heterocycles. The summed E-state index contributed by atoms with van der Waals surface area (Å²) < 4.78 is 0.888. The van der Waals surface area contributed by atoms with Gasteiger partial charge in [-0.3, -0.25) is 9.59 Å². The van der Waals surface area contributed by atoms with Crippen molar-refractivity contribution >= 4 is 50.5 Å². The zero-order valence-corrected chi connectivity index (χ0v) is 14.2. The third kappa shape index (κ3) is 5.09. The van der Waals surface area contributed by atoms with Gasteiger partial charge in [0.15, 0.2) is 0 Å². The Labute approximate surface area is 140 Å². The molecule has 0 unspecified atom stereocenters. The van der Waals surface area contributed by atoms with Gasteiger partial charge in [-0.05, 0) is 36.6 Å². The van der Waals surface area contributed by atoms with Crippen LogP contribution in [-0.4, -0.2) is 17.5 Å². The maximum atomic E-state index is 11.9. The second-order valence-corrected chi connectivity index (χ2v) is 6.36. The van der Waals surface area contributed by atoms with Gasteiger partial charge in [-0.25, -0.2) is 5.43 Å². The molecule has 2 amide bonds. The Bertz CT molecular complexity index is 699. The summed E-state index contributed by atoms with van der Waals surface area (Å²) in [7, 11) is 0. The number of carbonyl (C=O) groups is 2. The molecule has 7 heteroatoms. The maximum Gasteiger partial charge on any atom is 0.281 e. The first-order chi connectivity index (χ1) is 10.5. The molecule has 1 aromatic heterocycles. The van der Waals surface area contributed by atoms with Crippen molar-refractivity contribution in [3.8, 4) is 0 Å². The van der Waals surface area contributed by atoms with E-state index in [4.69, 9.17) is 0 Å². The summed E-state index contributed by atoms with van der Waals surface area (Å²) in [5.41, 5.74) is 3.66.